The maximum absolute atomic E-state index is 14.7. The molecule has 174 valence electrons. The van der Waals surface area contributed by atoms with E-state index in [0.29, 0.717) is 17.1 Å². The first kappa shape index (κ1) is 22.9. The zero-order valence-electron chi connectivity index (χ0n) is 18.3. The Labute approximate surface area is 191 Å². The first-order valence-electron chi connectivity index (χ1n) is 11.0. The number of rotatable bonds is 7. The van der Waals surface area contributed by atoms with Crippen molar-refractivity contribution >= 4 is 11.7 Å². The highest BCUT2D eigenvalue weighted by Gasteiger charge is 2.47. The fraction of sp³-hybridized carbons (Fsp3) is 0.458. The van der Waals surface area contributed by atoms with Crippen molar-refractivity contribution in [1.82, 2.24) is 9.88 Å². The predicted octanol–water partition coefficient (Wildman–Crippen LogP) is 3.73. The second kappa shape index (κ2) is 9.32. The van der Waals surface area contributed by atoms with Crippen molar-refractivity contribution in [1.29, 1.82) is 5.26 Å². The highest BCUT2D eigenvalue weighted by atomic mass is 19.3. The summed E-state index contributed by atoms with van der Waals surface area (Å²) in [6.45, 7) is 1.16. The van der Waals surface area contributed by atoms with Gasteiger partial charge in [0.1, 0.15) is 24.2 Å². The van der Waals surface area contributed by atoms with Crippen LogP contribution in [0.15, 0.2) is 36.5 Å². The molecule has 1 amide bonds. The predicted molar refractivity (Wildman–Crippen MR) is 118 cm³/mol. The summed E-state index contributed by atoms with van der Waals surface area (Å²) in [5.74, 6) is -2.61. The Bertz CT molecular complexity index is 1070. The molecule has 33 heavy (non-hydrogen) atoms. The number of hydrogen-bond acceptors (Lipinski definition) is 6. The molecule has 1 aliphatic heterocycles. The number of hydrogen-bond donors (Lipinski definition) is 2. The number of carbonyl (C=O) groups is 1. The quantitative estimate of drug-likeness (QED) is 0.616. The van der Waals surface area contributed by atoms with E-state index < -0.39 is 37.1 Å². The molecule has 2 heterocycles. The Morgan fingerprint density at radius 3 is 2.76 bits per heavy atom. The van der Waals surface area contributed by atoms with E-state index in [1.54, 1.807) is 31.3 Å². The zero-order chi connectivity index (χ0) is 23.6. The number of aromatic nitrogens is 1. The third-order valence-corrected chi connectivity index (χ3v) is 6.02. The number of aryl methyl sites for hydroxylation is 1. The molecule has 9 heteroatoms. The SMILES string of the molecule is Cc1cc(-c2ccnc(NC(O)C3CC3)c2)ccc1O[C@H]1CCN(C(=O)CC#N)CC1(F)F. The number of piperidine rings is 1. The number of nitrogens with one attached hydrogen (secondary N) is 1. The summed E-state index contributed by atoms with van der Waals surface area (Å²) in [5.41, 5.74) is 2.45. The van der Waals surface area contributed by atoms with Crippen molar-refractivity contribution in [2.24, 2.45) is 5.92 Å². The maximum Gasteiger partial charge on any atom is 0.301 e. The van der Waals surface area contributed by atoms with Crippen LogP contribution in [0.4, 0.5) is 14.6 Å². The Kier molecular flexibility index (Phi) is 6.47. The van der Waals surface area contributed by atoms with Crippen LogP contribution < -0.4 is 10.1 Å². The van der Waals surface area contributed by atoms with Crippen molar-refractivity contribution in [3.8, 4) is 22.9 Å². The van der Waals surface area contributed by atoms with Crippen LogP contribution in [0, 0.1) is 24.2 Å². The van der Waals surface area contributed by atoms with Crippen LogP contribution in [0.2, 0.25) is 0 Å². The molecule has 0 radical (unpaired) electrons. The van der Waals surface area contributed by atoms with E-state index in [9.17, 15) is 18.7 Å². The molecular formula is C24H26F2N4O3. The van der Waals surface area contributed by atoms with Crippen LogP contribution in [-0.4, -0.2) is 52.2 Å². The van der Waals surface area contributed by atoms with Gasteiger partial charge in [-0.1, -0.05) is 6.07 Å². The van der Waals surface area contributed by atoms with Crippen molar-refractivity contribution in [2.75, 3.05) is 18.4 Å². The van der Waals surface area contributed by atoms with Gasteiger partial charge >= 0.3 is 5.92 Å². The van der Waals surface area contributed by atoms with Gasteiger partial charge in [0, 0.05) is 25.1 Å². The smallest absolute Gasteiger partial charge is 0.301 e. The van der Waals surface area contributed by atoms with E-state index in [4.69, 9.17) is 10.00 Å². The van der Waals surface area contributed by atoms with E-state index in [1.165, 1.54) is 0 Å². The summed E-state index contributed by atoms with van der Waals surface area (Å²) in [5, 5.41) is 21.7. The zero-order valence-corrected chi connectivity index (χ0v) is 18.3. The lowest BCUT2D eigenvalue weighted by Gasteiger charge is -2.38. The molecule has 2 N–H and O–H groups in total. The average molecular weight is 456 g/mol. The lowest BCUT2D eigenvalue weighted by atomic mass is 10.0. The van der Waals surface area contributed by atoms with E-state index in [2.05, 4.69) is 10.3 Å². The van der Waals surface area contributed by atoms with Crippen LogP contribution in [0.3, 0.4) is 0 Å². The van der Waals surface area contributed by atoms with Gasteiger partial charge in [-0.15, -0.1) is 0 Å². The molecule has 7 nitrogen and oxygen atoms in total. The first-order chi connectivity index (χ1) is 15.8. The molecule has 0 spiro atoms. The lowest BCUT2D eigenvalue weighted by molar-refractivity contribution is -0.159. The molecule has 1 unspecified atom stereocenters. The van der Waals surface area contributed by atoms with Crippen LogP contribution in [0.5, 0.6) is 5.75 Å². The second-order valence-corrected chi connectivity index (χ2v) is 8.64. The van der Waals surface area contributed by atoms with Gasteiger partial charge in [-0.05, 0) is 60.7 Å². The number of likely N-dealkylation sites (tertiary alicyclic amines) is 1. The van der Waals surface area contributed by atoms with Gasteiger partial charge in [-0.2, -0.15) is 5.26 Å². The average Bonchev–Trinajstić information content (AvgIpc) is 3.62. The second-order valence-electron chi connectivity index (χ2n) is 8.64. The van der Waals surface area contributed by atoms with Crippen LogP contribution in [0.1, 0.15) is 31.2 Å². The Balaban J connectivity index is 1.44. The van der Waals surface area contributed by atoms with Gasteiger partial charge in [0.05, 0.1) is 12.6 Å². The lowest BCUT2D eigenvalue weighted by Crippen LogP contribution is -2.55. The van der Waals surface area contributed by atoms with Gasteiger partial charge < -0.3 is 20.1 Å². The molecule has 0 bridgehead atoms. The standard InChI is InChI=1S/C24H26F2N4O3/c1-15-12-17(18-7-10-28-21(13-18)29-23(32)16-2-3-16)4-5-19(15)33-20-8-11-30(14-24(20,25)26)22(31)6-9-27/h4-5,7,10,12-13,16,20,23,32H,2-3,6,8,11,14H2,1H3,(H,28,29)/t20-,23?/m0/s1. The van der Waals surface area contributed by atoms with E-state index in [1.807, 2.05) is 18.2 Å². The summed E-state index contributed by atoms with van der Waals surface area (Å²) in [6.07, 6.45) is 1.26. The third-order valence-electron chi connectivity index (χ3n) is 6.02. The highest BCUT2D eigenvalue weighted by molar-refractivity contribution is 5.78. The van der Waals surface area contributed by atoms with Crippen molar-refractivity contribution in [3.05, 3.63) is 42.1 Å². The molecule has 1 saturated carbocycles. The third kappa shape index (κ3) is 5.40. The Morgan fingerprint density at radius 2 is 2.09 bits per heavy atom. The number of pyridine rings is 1. The highest BCUT2D eigenvalue weighted by Crippen LogP contribution is 2.35. The van der Waals surface area contributed by atoms with Crippen LogP contribution in [0.25, 0.3) is 11.1 Å². The summed E-state index contributed by atoms with van der Waals surface area (Å²) >= 11 is 0. The van der Waals surface area contributed by atoms with Crippen LogP contribution >= 0.6 is 0 Å². The summed E-state index contributed by atoms with van der Waals surface area (Å²) < 4.78 is 35.0. The summed E-state index contributed by atoms with van der Waals surface area (Å²) in [7, 11) is 0. The number of anilines is 1. The number of carbonyl (C=O) groups excluding carboxylic acids is 1. The molecule has 2 atom stereocenters. The van der Waals surface area contributed by atoms with Gasteiger partial charge in [0.15, 0.2) is 6.10 Å². The van der Waals surface area contributed by atoms with Gasteiger partial charge in [0.25, 0.3) is 0 Å². The minimum atomic E-state index is -3.22. The molecule has 1 saturated heterocycles. The van der Waals surface area contributed by atoms with Crippen molar-refractivity contribution in [2.45, 2.75) is 50.9 Å². The van der Waals surface area contributed by atoms with Crippen molar-refractivity contribution in [3.63, 3.8) is 0 Å². The molecular weight excluding hydrogens is 430 g/mol. The normalized spacial score (nSPS) is 20.6. The monoisotopic (exact) mass is 456 g/mol. The number of aliphatic hydroxyl groups is 1. The summed E-state index contributed by atoms with van der Waals surface area (Å²) in [6, 6.07) is 10.7. The Hall–Kier alpha value is -3.25. The number of benzene rings is 1. The number of nitriles is 1. The number of alkyl halides is 2. The number of nitrogens with zero attached hydrogens (tertiary/aromatic N) is 3. The van der Waals surface area contributed by atoms with Gasteiger partial charge in [-0.3, -0.25) is 4.79 Å². The largest absolute Gasteiger partial charge is 0.484 e. The molecule has 2 aromatic rings. The van der Waals surface area contributed by atoms with E-state index in [0.717, 1.165) is 28.9 Å². The number of amides is 1. The molecule has 1 aliphatic carbocycles. The minimum Gasteiger partial charge on any atom is -0.484 e. The Morgan fingerprint density at radius 1 is 1.33 bits per heavy atom. The first-order valence-corrected chi connectivity index (χ1v) is 11.0. The van der Waals surface area contributed by atoms with Gasteiger partial charge in [0.2, 0.25) is 5.91 Å². The topological polar surface area (TPSA) is 98.5 Å². The number of halogens is 2. The minimum absolute atomic E-state index is 0.0198. The molecule has 2 fully saturated rings. The number of ether oxygens (including phenoxy) is 1. The molecule has 4 rings (SSSR count). The molecule has 1 aromatic carbocycles. The van der Waals surface area contributed by atoms with E-state index >= 15 is 0 Å². The van der Waals surface area contributed by atoms with Crippen molar-refractivity contribution < 1.29 is 23.4 Å². The van der Waals surface area contributed by atoms with E-state index in [-0.39, 0.29) is 18.9 Å². The fourth-order valence-electron chi connectivity index (χ4n) is 3.94. The van der Waals surface area contributed by atoms with Crippen LogP contribution in [-0.2, 0) is 4.79 Å². The number of aliphatic hydroxyl groups excluding tert-OH is 1. The maximum atomic E-state index is 14.7. The fourth-order valence-corrected chi connectivity index (χ4v) is 3.94. The van der Waals surface area contributed by atoms with Gasteiger partial charge in [-0.25, -0.2) is 13.8 Å². The molecule has 2 aliphatic rings. The summed E-state index contributed by atoms with van der Waals surface area (Å²) in [4.78, 5) is 17.1. The molecule has 1 aromatic heterocycles.